The number of hydrogen-bond donors (Lipinski definition) is 1. The summed E-state index contributed by atoms with van der Waals surface area (Å²) >= 11 is 0. The van der Waals surface area contributed by atoms with Crippen LogP contribution in [0.2, 0.25) is 0 Å². The van der Waals surface area contributed by atoms with Crippen LogP contribution in [0.15, 0.2) is 22.6 Å². The minimum absolute atomic E-state index is 0.128. The molecule has 1 aromatic heterocycles. The molecule has 1 aromatic carbocycles. The number of anilines is 1. The minimum atomic E-state index is -0.143. The maximum atomic E-state index is 11.5. The molecule has 100 valence electrons. The summed E-state index contributed by atoms with van der Waals surface area (Å²) in [5.41, 5.74) is 3.21. The summed E-state index contributed by atoms with van der Waals surface area (Å²) in [6, 6.07) is 6.04. The van der Waals surface area contributed by atoms with Crippen LogP contribution in [0.5, 0.6) is 0 Å². The lowest BCUT2D eigenvalue weighted by atomic mass is 10.1. The normalized spacial score (nSPS) is 10.8. The van der Waals surface area contributed by atoms with Crippen LogP contribution in [0.4, 0.5) is 6.01 Å². The van der Waals surface area contributed by atoms with Gasteiger partial charge in [-0.15, -0.1) is 5.10 Å². The van der Waals surface area contributed by atoms with Crippen LogP contribution in [0.25, 0.3) is 11.5 Å². The van der Waals surface area contributed by atoms with E-state index in [1.165, 1.54) is 5.56 Å². The van der Waals surface area contributed by atoms with E-state index in [2.05, 4.69) is 15.5 Å². The molecule has 0 saturated heterocycles. The van der Waals surface area contributed by atoms with E-state index in [0.29, 0.717) is 5.89 Å². The molecular formula is C14H17N3O2. The second-order valence-electron chi connectivity index (χ2n) is 4.86. The molecule has 0 radical (unpaired) electrons. The molecule has 0 aliphatic carbocycles. The molecule has 5 nitrogen and oxygen atoms in total. The zero-order chi connectivity index (χ0) is 14.0. The van der Waals surface area contributed by atoms with Gasteiger partial charge in [0.05, 0.1) is 0 Å². The van der Waals surface area contributed by atoms with E-state index >= 15 is 0 Å². The quantitative estimate of drug-likeness (QED) is 0.920. The van der Waals surface area contributed by atoms with Crippen molar-refractivity contribution in [3.05, 3.63) is 29.3 Å². The summed E-state index contributed by atoms with van der Waals surface area (Å²) in [6.07, 6.45) is 0. The zero-order valence-electron chi connectivity index (χ0n) is 11.5. The predicted molar refractivity (Wildman–Crippen MR) is 72.7 cm³/mol. The number of carbonyl (C=O) groups is 1. The lowest BCUT2D eigenvalue weighted by molar-refractivity contribution is -0.119. The third kappa shape index (κ3) is 2.99. The molecule has 0 bridgehead atoms. The third-order valence-corrected chi connectivity index (χ3v) is 2.93. The van der Waals surface area contributed by atoms with Gasteiger partial charge in [-0.1, -0.05) is 25.0 Å². The Morgan fingerprint density at radius 2 is 1.95 bits per heavy atom. The Hall–Kier alpha value is -2.17. The van der Waals surface area contributed by atoms with Gasteiger partial charge in [-0.3, -0.25) is 10.1 Å². The molecule has 5 heteroatoms. The van der Waals surface area contributed by atoms with Crippen molar-refractivity contribution in [1.82, 2.24) is 10.2 Å². The van der Waals surface area contributed by atoms with E-state index in [1.54, 1.807) is 13.8 Å². The second-order valence-corrected chi connectivity index (χ2v) is 4.86. The zero-order valence-corrected chi connectivity index (χ0v) is 11.5. The number of nitrogens with zero attached hydrogens (tertiary/aromatic N) is 2. The van der Waals surface area contributed by atoms with Gasteiger partial charge in [-0.25, -0.2) is 0 Å². The molecule has 0 fully saturated rings. The van der Waals surface area contributed by atoms with Gasteiger partial charge in [0.1, 0.15) is 0 Å². The molecule has 2 rings (SSSR count). The fourth-order valence-electron chi connectivity index (χ4n) is 1.51. The highest BCUT2D eigenvalue weighted by Crippen LogP contribution is 2.22. The van der Waals surface area contributed by atoms with Gasteiger partial charge >= 0.3 is 6.01 Å². The van der Waals surface area contributed by atoms with Crippen LogP contribution in [0.3, 0.4) is 0 Å². The average Bonchev–Trinajstić information content (AvgIpc) is 2.81. The summed E-state index contributed by atoms with van der Waals surface area (Å²) in [5, 5.41) is 10.3. The molecule has 0 atom stereocenters. The Morgan fingerprint density at radius 1 is 1.21 bits per heavy atom. The summed E-state index contributed by atoms with van der Waals surface area (Å²) < 4.78 is 5.43. The van der Waals surface area contributed by atoms with Crippen molar-refractivity contribution in [3.8, 4) is 11.5 Å². The largest absolute Gasteiger partial charge is 0.403 e. The number of benzene rings is 1. The maximum Gasteiger partial charge on any atom is 0.322 e. The van der Waals surface area contributed by atoms with Gasteiger partial charge in [-0.2, -0.15) is 0 Å². The number of nitrogens with one attached hydrogen (secondary N) is 1. The molecular weight excluding hydrogens is 242 g/mol. The SMILES string of the molecule is Cc1ccc(-c2nnc(NC(=O)C(C)C)o2)cc1C. The summed E-state index contributed by atoms with van der Waals surface area (Å²) in [7, 11) is 0. The number of hydrogen-bond acceptors (Lipinski definition) is 4. The van der Waals surface area contributed by atoms with Crippen molar-refractivity contribution < 1.29 is 9.21 Å². The van der Waals surface area contributed by atoms with Crippen LogP contribution in [0.1, 0.15) is 25.0 Å². The van der Waals surface area contributed by atoms with Crippen LogP contribution in [0, 0.1) is 19.8 Å². The van der Waals surface area contributed by atoms with Crippen molar-refractivity contribution in [2.45, 2.75) is 27.7 Å². The van der Waals surface area contributed by atoms with Gasteiger partial charge in [-0.05, 0) is 37.1 Å². The number of aromatic nitrogens is 2. The third-order valence-electron chi connectivity index (χ3n) is 2.93. The maximum absolute atomic E-state index is 11.5. The number of aryl methyl sites for hydroxylation is 2. The monoisotopic (exact) mass is 259 g/mol. The van der Waals surface area contributed by atoms with Crippen LogP contribution < -0.4 is 5.32 Å². The standard InChI is InChI=1S/C14H17N3O2/c1-8(2)12(18)15-14-17-16-13(19-14)11-6-5-9(3)10(4)7-11/h5-8H,1-4H3,(H,15,17,18). The van der Waals surface area contributed by atoms with Gasteiger partial charge < -0.3 is 4.42 Å². The summed E-state index contributed by atoms with van der Waals surface area (Å²) in [6.45, 7) is 7.67. The summed E-state index contributed by atoms with van der Waals surface area (Å²) in [5.74, 6) is 0.134. The van der Waals surface area contributed by atoms with E-state index < -0.39 is 0 Å². The van der Waals surface area contributed by atoms with Crippen LogP contribution >= 0.6 is 0 Å². The van der Waals surface area contributed by atoms with E-state index in [-0.39, 0.29) is 17.8 Å². The predicted octanol–water partition coefficient (Wildman–Crippen LogP) is 2.95. The van der Waals surface area contributed by atoms with E-state index in [4.69, 9.17) is 4.42 Å². The molecule has 1 amide bonds. The minimum Gasteiger partial charge on any atom is -0.403 e. The first-order valence-electron chi connectivity index (χ1n) is 6.19. The Bertz CT molecular complexity index is 602. The topological polar surface area (TPSA) is 68.0 Å². The van der Waals surface area contributed by atoms with Crippen molar-refractivity contribution in [1.29, 1.82) is 0 Å². The van der Waals surface area contributed by atoms with Gasteiger partial charge in [0, 0.05) is 11.5 Å². The van der Waals surface area contributed by atoms with Gasteiger partial charge in [0.2, 0.25) is 11.8 Å². The Labute approximate surface area is 112 Å². The first-order chi connectivity index (χ1) is 8.97. The van der Waals surface area contributed by atoms with Crippen LogP contribution in [-0.2, 0) is 4.79 Å². The lowest BCUT2D eigenvalue weighted by Crippen LogP contribution is -2.17. The summed E-state index contributed by atoms with van der Waals surface area (Å²) in [4.78, 5) is 11.5. The highest BCUT2D eigenvalue weighted by Gasteiger charge is 2.13. The van der Waals surface area contributed by atoms with Crippen molar-refractivity contribution in [3.63, 3.8) is 0 Å². The highest BCUT2D eigenvalue weighted by molar-refractivity contribution is 5.90. The van der Waals surface area contributed by atoms with Crippen molar-refractivity contribution in [2.24, 2.45) is 5.92 Å². The first-order valence-corrected chi connectivity index (χ1v) is 6.19. The Kier molecular flexibility index (Phi) is 3.64. The molecule has 0 unspecified atom stereocenters. The molecule has 19 heavy (non-hydrogen) atoms. The van der Waals surface area contributed by atoms with E-state index in [0.717, 1.165) is 11.1 Å². The number of amides is 1. The molecule has 0 aliphatic heterocycles. The van der Waals surface area contributed by atoms with Crippen LogP contribution in [-0.4, -0.2) is 16.1 Å². The molecule has 1 N–H and O–H groups in total. The number of rotatable bonds is 3. The fraction of sp³-hybridized carbons (Fsp3) is 0.357. The second kappa shape index (κ2) is 5.22. The first kappa shape index (κ1) is 13.3. The highest BCUT2D eigenvalue weighted by atomic mass is 16.4. The Balaban J connectivity index is 2.21. The average molecular weight is 259 g/mol. The smallest absolute Gasteiger partial charge is 0.322 e. The molecule has 2 aromatic rings. The van der Waals surface area contributed by atoms with E-state index in [9.17, 15) is 4.79 Å². The van der Waals surface area contributed by atoms with Gasteiger partial charge in [0.25, 0.3) is 0 Å². The Morgan fingerprint density at radius 3 is 2.58 bits per heavy atom. The number of carbonyl (C=O) groups excluding carboxylic acids is 1. The molecule has 0 saturated carbocycles. The molecule has 1 heterocycles. The van der Waals surface area contributed by atoms with Crippen molar-refractivity contribution >= 4 is 11.9 Å². The molecule has 0 aliphatic rings. The van der Waals surface area contributed by atoms with Gasteiger partial charge in [0.15, 0.2) is 0 Å². The fourth-order valence-corrected chi connectivity index (χ4v) is 1.51. The van der Waals surface area contributed by atoms with E-state index in [1.807, 2.05) is 32.0 Å². The van der Waals surface area contributed by atoms with Crippen molar-refractivity contribution in [2.75, 3.05) is 5.32 Å². The molecule has 0 spiro atoms. The lowest BCUT2D eigenvalue weighted by Gasteiger charge is -2.02.